The van der Waals surface area contributed by atoms with E-state index in [-0.39, 0.29) is 5.91 Å². The number of anilines is 2. The first kappa shape index (κ1) is 13.2. The van der Waals surface area contributed by atoms with Crippen LogP contribution in [0.5, 0.6) is 0 Å². The van der Waals surface area contributed by atoms with Gasteiger partial charge in [0.15, 0.2) is 0 Å². The summed E-state index contributed by atoms with van der Waals surface area (Å²) >= 11 is 1.48. The maximum Gasteiger partial charge on any atom is 0.263 e. The quantitative estimate of drug-likeness (QED) is 0.768. The maximum atomic E-state index is 11.8. The fourth-order valence-corrected chi connectivity index (χ4v) is 3.21. The van der Waals surface area contributed by atoms with Gasteiger partial charge >= 0.3 is 0 Å². The Hall–Kier alpha value is -1.23. The lowest BCUT2D eigenvalue weighted by atomic mass is 10.1. The van der Waals surface area contributed by atoms with Crippen LogP contribution < -0.4 is 16.4 Å². The van der Waals surface area contributed by atoms with Crippen molar-refractivity contribution in [3.05, 3.63) is 10.4 Å². The highest BCUT2D eigenvalue weighted by Gasteiger charge is 2.32. The Balaban J connectivity index is 2.34. The Bertz CT molecular complexity index is 451. The molecule has 4 N–H and O–H groups in total. The maximum absolute atomic E-state index is 11.8. The van der Waals surface area contributed by atoms with E-state index in [1.165, 1.54) is 29.7 Å². The van der Waals surface area contributed by atoms with Crippen LogP contribution in [0.3, 0.4) is 0 Å². The lowest BCUT2D eigenvalue weighted by molar-refractivity contribution is 0.0968. The number of hydrogen-bond acceptors (Lipinski definition) is 4. The van der Waals surface area contributed by atoms with Gasteiger partial charge in [0.1, 0.15) is 4.88 Å². The minimum Gasteiger partial charge on any atom is -0.397 e. The molecule has 0 saturated heterocycles. The molecule has 5 heteroatoms. The zero-order valence-electron chi connectivity index (χ0n) is 11.2. The molecule has 4 nitrogen and oxygen atoms in total. The Kier molecular flexibility index (Phi) is 3.80. The van der Waals surface area contributed by atoms with Crippen molar-refractivity contribution in [3.63, 3.8) is 0 Å². The number of amides is 1. The minimum atomic E-state index is -0.0865. The van der Waals surface area contributed by atoms with Gasteiger partial charge in [-0.15, -0.1) is 11.3 Å². The second-order valence-corrected chi connectivity index (χ2v) is 5.92. The predicted octanol–water partition coefficient (Wildman–Crippen LogP) is 2.78. The number of carbonyl (C=O) groups is 1. The highest BCUT2D eigenvalue weighted by molar-refractivity contribution is 7.18. The Morgan fingerprint density at radius 3 is 2.72 bits per heavy atom. The van der Waals surface area contributed by atoms with Crippen LogP contribution in [-0.4, -0.2) is 19.0 Å². The van der Waals surface area contributed by atoms with E-state index in [0.29, 0.717) is 22.5 Å². The number of nitrogen functional groups attached to an aromatic ring is 1. The molecule has 1 amide bonds. The molecule has 1 atom stereocenters. The molecule has 0 aliphatic heterocycles. The number of thiophene rings is 1. The Morgan fingerprint density at radius 1 is 1.56 bits per heavy atom. The summed E-state index contributed by atoms with van der Waals surface area (Å²) in [5.41, 5.74) is 7.99. The van der Waals surface area contributed by atoms with Crippen molar-refractivity contribution >= 4 is 27.9 Å². The van der Waals surface area contributed by atoms with Crippen molar-refractivity contribution in [3.8, 4) is 0 Å². The van der Waals surface area contributed by atoms with Gasteiger partial charge in [-0.2, -0.15) is 0 Å². The van der Waals surface area contributed by atoms with E-state index in [1.54, 1.807) is 7.05 Å². The number of rotatable bonds is 5. The summed E-state index contributed by atoms with van der Waals surface area (Å²) in [7, 11) is 1.64. The average Bonchev–Trinajstić information content (AvgIpc) is 3.14. The van der Waals surface area contributed by atoms with Crippen molar-refractivity contribution in [2.45, 2.75) is 45.1 Å². The summed E-state index contributed by atoms with van der Waals surface area (Å²) in [6, 6.07) is 0.401. The second kappa shape index (κ2) is 5.18. The highest BCUT2D eigenvalue weighted by Crippen LogP contribution is 2.50. The van der Waals surface area contributed by atoms with E-state index in [4.69, 9.17) is 5.73 Å². The fourth-order valence-electron chi connectivity index (χ4n) is 1.95. The highest BCUT2D eigenvalue weighted by atomic mass is 32.1. The van der Waals surface area contributed by atoms with Gasteiger partial charge in [0.25, 0.3) is 5.91 Å². The first-order chi connectivity index (χ1) is 8.58. The summed E-state index contributed by atoms with van der Waals surface area (Å²) in [4.78, 5) is 12.4. The van der Waals surface area contributed by atoms with Crippen LogP contribution in [0.2, 0.25) is 0 Å². The lowest BCUT2D eigenvalue weighted by Crippen LogP contribution is -2.17. The van der Waals surface area contributed by atoms with Gasteiger partial charge in [-0.05, 0) is 32.1 Å². The Labute approximate surface area is 112 Å². The number of carbonyl (C=O) groups excluding carboxylic acids is 1. The molecule has 1 unspecified atom stereocenters. The van der Waals surface area contributed by atoms with E-state index in [0.717, 1.165) is 11.4 Å². The van der Waals surface area contributed by atoms with Crippen molar-refractivity contribution in [2.75, 3.05) is 18.1 Å². The SMILES string of the molecule is CCC(C)Nc1sc(C(=O)NC)c(N)c1C1CC1. The summed E-state index contributed by atoms with van der Waals surface area (Å²) in [6.45, 7) is 4.29. The average molecular weight is 267 g/mol. The number of hydrogen-bond donors (Lipinski definition) is 3. The van der Waals surface area contributed by atoms with Gasteiger partial charge in [-0.3, -0.25) is 4.79 Å². The molecular formula is C13H21N3OS. The van der Waals surface area contributed by atoms with E-state index >= 15 is 0 Å². The van der Waals surface area contributed by atoms with E-state index in [2.05, 4.69) is 24.5 Å². The zero-order chi connectivity index (χ0) is 13.3. The standard InChI is InChI=1S/C13H21N3OS/c1-4-7(2)16-13-9(8-5-6-8)10(14)11(18-13)12(17)15-3/h7-8,16H,4-6,14H2,1-3H3,(H,15,17). The third kappa shape index (κ3) is 2.46. The molecule has 100 valence electrons. The monoisotopic (exact) mass is 267 g/mol. The second-order valence-electron chi connectivity index (χ2n) is 4.89. The molecule has 0 spiro atoms. The van der Waals surface area contributed by atoms with Crippen LogP contribution in [-0.2, 0) is 0 Å². The van der Waals surface area contributed by atoms with Crippen molar-refractivity contribution in [2.24, 2.45) is 0 Å². The Morgan fingerprint density at radius 2 is 2.22 bits per heavy atom. The smallest absolute Gasteiger partial charge is 0.263 e. The van der Waals surface area contributed by atoms with Gasteiger partial charge in [0.05, 0.1) is 10.7 Å². The van der Waals surface area contributed by atoms with Crippen molar-refractivity contribution < 1.29 is 4.79 Å². The third-order valence-electron chi connectivity index (χ3n) is 3.39. The van der Waals surface area contributed by atoms with Gasteiger partial charge in [-0.25, -0.2) is 0 Å². The van der Waals surface area contributed by atoms with Gasteiger partial charge in [-0.1, -0.05) is 6.92 Å². The normalized spacial score (nSPS) is 16.4. The topological polar surface area (TPSA) is 67.2 Å². The fraction of sp³-hybridized carbons (Fsp3) is 0.615. The largest absolute Gasteiger partial charge is 0.397 e. The van der Waals surface area contributed by atoms with Gasteiger partial charge in [0.2, 0.25) is 0 Å². The molecule has 1 fully saturated rings. The van der Waals surface area contributed by atoms with Crippen molar-refractivity contribution in [1.82, 2.24) is 5.32 Å². The number of nitrogens with two attached hydrogens (primary N) is 1. The number of nitrogens with one attached hydrogen (secondary N) is 2. The van der Waals surface area contributed by atoms with Crippen molar-refractivity contribution in [1.29, 1.82) is 0 Å². The van der Waals surface area contributed by atoms with Crippen LogP contribution in [0.1, 0.15) is 54.3 Å². The van der Waals surface area contributed by atoms with Crippen LogP contribution in [0.25, 0.3) is 0 Å². The van der Waals surface area contributed by atoms with Crippen LogP contribution >= 0.6 is 11.3 Å². The van der Waals surface area contributed by atoms with Gasteiger partial charge in [0, 0.05) is 18.7 Å². The molecule has 1 saturated carbocycles. The molecular weight excluding hydrogens is 246 g/mol. The van der Waals surface area contributed by atoms with Crippen LogP contribution in [0.4, 0.5) is 10.7 Å². The summed E-state index contributed by atoms with van der Waals surface area (Å²) < 4.78 is 0. The molecule has 18 heavy (non-hydrogen) atoms. The molecule has 1 aromatic heterocycles. The molecule has 2 rings (SSSR count). The first-order valence-electron chi connectivity index (χ1n) is 6.49. The van der Waals surface area contributed by atoms with Crippen LogP contribution in [0.15, 0.2) is 0 Å². The lowest BCUT2D eigenvalue weighted by Gasteiger charge is -2.13. The summed E-state index contributed by atoms with van der Waals surface area (Å²) in [5, 5.41) is 7.22. The molecule has 0 aromatic carbocycles. The zero-order valence-corrected chi connectivity index (χ0v) is 12.0. The first-order valence-corrected chi connectivity index (χ1v) is 7.30. The molecule has 1 aliphatic rings. The van der Waals surface area contributed by atoms with E-state index < -0.39 is 0 Å². The molecule has 1 aromatic rings. The van der Waals surface area contributed by atoms with E-state index in [1.807, 2.05) is 0 Å². The van der Waals surface area contributed by atoms with E-state index in [9.17, 15) is 4.79 Å². The molecule has 1 heterocycles. The van der Waals surface area contributed by atoms with Gasteiger partial charge < -0.3 is 16.4 Å². The van der Waals surface area contributed by atoms with Crippen LogP contribution in [0, 0.1) is 0 Å². The predicted molar refractivity (Wildman–Crippen MR) is 77.5 cm³/mol. The third-order valence-corrected chi connectivity index (χ3v) is 4.54. The molecule has 1 aliphatic carbocycles. The molecule has 0 radical (unpaired) electrons. The minimum absolute atomic E-state index is 0.0865. The summed E-state index contributed by atoms with van der Waals surface area (Å²) in [5.74, 6) is 0.461. The molecule has 0 bridgehead atoms. The summed E-state index contributed by atoms with van der Waals surface area (Å²) in [6.07, 6.45) is 3.42.